The van der Waals surface area contributed by atoms with E-state index in [9.17, 15) is 0 Å². The summed E-state index contributed by atoms with van der Waals surface area (Å²) in [6, 6.07) is 1.78. The smallest absolute Gasteiger partial charge is 0.203 e. The van der Waals surface area contributed by atoms with Crippen molar-refractivity contribution < 1.29 is 4.74 Å². The summed E-state index contributed by atoms with van der Waals surface area (Å²) in [6.45, 7) is 3.28. The largest absolute Gasteiger partial charge is 0.378 e. The molecule has 1 N–H and O–H groups in total. The number of nitrogens with zero attached hydrogens (tertiary/aromatic N) is 2. The SMILES string of the molecule is S=c1ccnc(N2CCOCC2)[nH]1. The third kappa shape index (κ3) is 2.05. The van der Waals surface area contributed by atoms with Gasteiger partial charge in [0, 0.05) is 19.3 Å². The Morgan fingerprint density at radius 1 is 1.46 bits per heavy atom. The summed E-state index contributed by atoms with van der Waals surface area (Å²) < 4.78 is 5.96. The van der Waals surface area contributed by atoms with Gasteiger partial charge in [0.1, 0.15) is 4.64 Å². The van der Waals surface area contributed by atoms with Crippen molar-refractivity contribution in [2.45, 2.75) is 0 Å². The van der Waals surface area contributed by atoms with E-state index >= 15 is 0 Å². The molecule has 1 saturated heterocycles. The lowest BCUT2D eigenvalue weighted by Gasteiger charge is -2.26. The molecule has 1 aromatic rings. The first-order valence-corrected chi connectivity index (χ1v) is 4.65. The average Bonchev–Trinajstić information content (AvgIpc) is 2.19. The maximum Gasteiger partial charge on any atom is 0.203 e. The van der Waals surface area contributed by atoms with Crippen LogP contribution in [0.15, 0.2) is 12.3 Å². The second-order valence-electron chi connectivity index (χ2n) is 2.86. The van der Waals surface area contributed by atoms with Crippen molar-refractivity contribution >= 4 is 18.2 Å². The third-order valence-corrected chi connectivity index (χ3v) is 2.21. The fraction of sp³-hybridized carbons (Fsp3) is 0.500. The lowest BCUT2D eigenvalue weighted by Crippen LogP contribution is -2.37. The van der Waals surface area contributed by atoms with Crippen molar-refractivity contribution in [1.29, 1.82) is 0 Å². The monoisotopic (exact) mass is 197 g/mol. The number of anilines is 1. The van der Waals surface area contributed by atoms with E-state index in [4.69, 9.17) is 17.0 Å². The van der Waals surface area contributed by atoms with Gasteiger partial charge in [-0.15, -0.1) is 0 Å². The zero-order valence-corrected chi connectivity index (χ0v) is 8.01. The standard InChI is InChI=1S/C8H11N3OS/c13-7-1-2-9-8(10-7)11-3-5-12-6-4-11/h1-2H,3-6H2,(H,9,10,13). The van der Waals surface area contributed by atoms with E-state index in [2.05, 4.69) is 14.9 Å². The minimum Gasteiger partial charge on any atom is -0.378 e. The van der Waals surface area contributed by atoms with Crippen LogP contribution in [0.1, 0.15) is 0 Å². The zero-order valence-electron chi connectivity index (χ0n) is 7.19. The minimum absolute atomic E-state index is 0.719. The predicted octanol–water partition coefficient (Wildman–Crippen LogP) is 0.976. The van der Waals surface area contributed by atoms with E-state index in [-0.39, 0.29) is 0 Å². The first-order chi connectivity index (χ1) is 6.36. The molecule has 2 heterocycles. The van der Waals surface area contributed by atoms with Crippen molar-refractivity contribution in [3.8, 4) is 0 Å². The molecule has 0 bridgehead atoms. The highest BCUT2D eigenvalue weighted by atomic mass is 32.1. The number of morpholine rings is 1. The quantitative estimate of drug-likeness (QED) is 0.681. The first-order valence-electron chi connectivity index (χ1n) is 4.24. The van der Waals surface area contributed by atoms with Crippen LogP contribution in [0.3, 0.4) is 0 Å². The molecule has 0 amide bonds. The van der Waals surface area contributed by atoms with Crippen molar-refractivity contribution in [3.63, 3.8) is 0 Å². The highest BCUT2D eigenvalue weighted by Gasteiger charge is 2.11. The Morgan fingerprint density at radius 2 is 2.23 bits per heavy atom. The van der Waals surface area contributed by atoms with Crippen LogP contribution in [0, 0.1) is 4.64 Å². The van der Waals surface area contributed by atoms with E-state index in [1.807, 2.05) is 0 Å². The van der Waals surface area contributed by atoms with E-state index in [1.165, 1.54) is 0 Å². The highest BCUT2D eigenvalue weighted by Crippen LogP contribution is 2.07. The summed E-state index contributed by atoms with van der Waals surface area (Å²) in [5, 5.41) is 0. The lowest BCUT2D eigenvalue weighted by atomic mass is 10.4. The summed E-state index contributed by atoms with van der Waals surface area (Å²) in [5.74, 6) is 0.843. The van der Waals surface area contributed by atoms with Gasteiger partial charge >= 0.3 is 0 Å². The summed E-state index contributed by atoms with van der Waals surface area (Å²) in [4.78, 5) is 9.40. The summed E-state index contributed by atoms with van der Waals surface area (Å²) in [6.07, 6.45) is 1.73. The molecule has 0 unspecified atom stereocenters. The molecule has 1 aromatic heterocycles. The molecule has 0 aromatic carbocycles. The van der Waals surface area contributed by atoms with E-state index < -0.39 is 0 Å². The van der Waals surface area contributed by atoms with Crippen LogP contribution >= 0.6 is 12.2 Å². The number of ether oxygens (including phenoxy) is 1. The Hall–Kier alpha value is -0.940. The molecule has 0 atom stereocenters. The van der Waals surface area contributed by atoms with E-state index in [0.29, 0.717) is 0 Å². The van der Waals surface area contributed by atoms with Crippen molar-refractivity contribution in [2.24, 2.45) is 0 Å². The van der Waals surface area contributed by atoms with Gasteiger partial charge in [0.05, 0.1) is 13.2 Å². The predicted molar refractivity (Wildman–Crippen MR) is 52.5 cm³/mol. The van der Waals surface area contributed by atoms with E-state index in [0.717, 1.165) is 36.9 Å². The van der Waals surface area contributed by atoms with Crippen LogP contribution in [0.25, 0.3) is 0 Å². The molecule has 0 spiro atoms. The fourth-order valence-electron chi connectivity index (χ4n) is 1.30. The maximum absolute atomic E-state index is 5.24. The minimum atomic E-state index is 0.719. The number of aromatic amines is 1. The van der Waals surface area contributed by atoms with Gasteiger partial charge < -0.3 is 14.6 Å². The van der Waals surface area contributed by atoms with Gasteiger partial charge in [0.2, 0.25) is 5.95 Å². The van der Waals surface area contributed by atoms with Crippen molar-refractivity contribution in [3.05, 3.63) is 16.9 Å². The van der Waals surface area contributed by atoms with Crippen molar-refractivity contribution in [2.75, 3.05) is 31.2 Å². The van der Waals surface area contributed by atoms with Crippen LogP contribution < -0.4 is 4.90 Å². The molecule has 4 nitrogen and oxygen atoms in total. The van der Waals surface area contributed by atoms with Crippen LogP contribution in [-0.2, 0) is 4.74 Å². The maximum atomic E-state index is 5.24. The summed E-state index contributed by atoms with van der Waals surface area (Å²) in [7, 11) is 0. The number of hydrogen-bond acceptors (Lipinski definition) is 4. The average molecular weight is 197 g/mol. The topological polar surface area (TPSA) is 41.2 Å². The number of H-pyrrole nitrogens is 1. The Balaban J connectivity index is 2.19. The molecule has 0 saturated carbocycles. The number of aromatic nitrogens is 2. The summed E-state index contributed by atoms with van der Waals surface area (Å²) >= 11 is 5.02. The van der Waals surface area contributed by atoms with Crippen LogP contribution in [0.5, 0.6) is 0 Å². The van der Waals surface area contributed by atoms with Crippen LogP contribution in [0.4, 0.5) is 5.95 Å². The molecular formula is C8H11N3OS. The highest BCUT2D eigenvalue weighted by molar-refractivity contribution is 7.71. The van der Waals surface area contributed by atoms with Gasteiger partial charge in [-0.25, -0.2) is 4.98 Å². The van der Waals surface area contributed by atoms with Gasteiger partial charge in [0.25, 0.3) is 0 Å². The van der Waals surface area contributed by atoms with Crippen molar-refractivity contribution in [1.82, 2.24) is 9.97 Å². The van der Waals surface area contributed by atoms with Gasteiger partial charge in [0.15, 0.2) is 0 Å². The molecule has 1 aliphatic heterocycles. The van der Waals surface area contributed by atoms with Gasteiger partial charge in [-0.3, -0.25) is 0 Å². The Morgan fingerprint density at radius 3 is 2.92 bits per heavy atom. The molecule has 2 rings (SSSR count). The molecule has 1 fully saturated rings. The lowest BCUT2D eigenvalue weighted by molar-refractivity contribution is 0.122. The second-order valence-corrected chi connectivity index (χ2v) is 3.30. The number of rotatable bonds is 1. The van der Waals surface area contributed by atoms with E-state index in [1.54, 1.807) is 12.3 Å². The molecule has 0 aliphatic carbocycles. The van der Waals surface area contributed by atoms with Gasteiger partial charge in [-0.05, 0) is 6.07 Å². The fourth-order valence-corrected chi connectivity index (χ4v) is 1.45. The Kier molecular flexibility index (Phi) is 2.56. The first kappa shape index (κ1) is 8.65. The Labute approximate surface area is 81.6 Å². The molecule has 5 heteroatoms. The van der Waals surface area contributed by atoms with Crippen LogP contribution in [0.2, 0.25) is 0 Å². The van der Waals surface area contributed by atoms with Gasteiger partial charge in [-0.2, -0.15) is 0 Å². The molecule has 13 heavy (non-hydrogen) atoms. The van der Waals surface area contributed by atoms with Crippen LogP contribution in [-0.4, -0.2) is 36.3 Å². The summed E-state index contributed by atoms with van der Waals surface area (Å²) in [5.41, 5.74) is 0. The number of hydrogen-bond donors (Lipinski definition) is 1. The third-order valence-electron chi connectivity index (χ3n) is 1.97. The zero-order chi connectivity index (χ0) is 9.10. The molecule has 1 aliphatic rings. The van der Waals surface area contributed by atoms with Gasteiger partial charge in [-0.1, -0.05) is 12.2 Å². The molecule has 70 valence electrons. The molecular weight excluding hydrogens is 186 g/mol. The Bertz CT molecular complexity index is 332. The normalized spacial score (nSPS) is 17.4. The second kappa shape index (κ2) is 3.85. The number of nitrogens with one attached hydrogen (secondary N) is 1. The molecule has 0 radical (unpaired) electrons.